The summed E-state index contributed by atoms with van der Waals surface area (Å²) in [5.74, 6) is -0.942. The van der Waals surface area contributed by atoms with E-state index in [1.807, 2.05) is 81.4 Å². The topological polar surface area (TPSA) is 38.9 Å². The van der Waals surface area contributed by atoms with Crippen molar-refractivity contribution in [3.8, 4) is 33.6 Å². The summed E-state index contributed by atoms with van der Waals surface area (Å²) in [6.07, 6.45) is 11.2. The average molecular weight is 974 g/mol. The number of hydrogen-bond donors (Lipinski definition) is 0. The van der Waals surface area contributed by atoms with Crippen molar-refractivity contribution in [2.75, 3.05) is 0 Å². The molecule has 3 aromatic heterocycles. The Kier molecular flexibility index (Phi) is 9.36. The quantitative estimate of drug-likeness (QED) is 0.161. The summed E-state index contributed by atoms with van der Waals surface area (Å²) < 4.78 is 81.2. The minimum absolute atomic E-state index is 0. The third-order valence-corrected chi connectivity index (χ3v) is 12.3. The molecule has 4 heteroatoms. The van der Waals surface area contributed by atoms with Gasteiger partial charge >= 0.3 is 0 Å². The Morgan fingerprint density at radius 1 is 0.750 bits per heavy atom. The molecule has 1 radical (unpaired) electrons. The molecule has 2 aliphatic carbocycles. The van der Waals surface area contributed by atoms with E-state index in [4.69, 9.17) is 15.4 Å². The molecule has 10 rings (SSSR count). The van der Waals surface area contributed by atoms with Crippen LogP contribution in [0.4, 0.5) is 0 Å². The van der Waals surface area contributed by atoms with Crippen LogP contribution in [0.15, 0.2) is 126 Å². The Labute approximate surface area is 383 Å². The maximum absolute atomic E-state index is 9.57. The van der Waals surface area contributed by atoms with Crippen LogP contribution in [-0.2, 0) is 26.5 Å². The Bertz CT molecular complexity index is 3100. The third kappa shape index (κ3) is 8.79. The standard InChI is InChI=1S/C33H32NO.C23H24N.Ir/c1-22-21-34-30(20-29(22)24-14-18-33(19-15-24)16-5-2-6-17-33)28-11-7-10-26-27-13-12-23-8-3-4-9-25(23)31(27)35-32(26)28;1-17-10-12-20(14-21(17)19-8-6-5-7-9-19)22-13-11-18(16-24-22)15-23(2,3)4;/h3-4,7-10,12-13,20-21,24H,2,5-6,14-19H2,1H3;5-11,13-14,16H,15H2,1-4H3;/q2*-1;/i1D3,24D;1D3,15D2;. The van der Waals surface area contributed by atoms with E-state index in [9.17, 15) is 1.37 Å². The second-order valence-electron chi connectivity index (χ2n) is 17.5. The number of benzene rings is 5. The van der Waals surface area contributed by atoms with Gasteiger partial charge in [0.25, 0.3) is 0 Å². The molecule has 1 spiro atoms. The summed E-state index contributed by atoms with van der Waals surface area (Å²) in [6.45, 7) is 0.986. The molecular formula is C56H56IrN2O-2. The monoisotopic (exact) mass is 974 g/mol. The molecule has 3 heterocycles. The van der Waals surface area contributed by atoms with Gasteiger partial charge in [0.05, 0.1) is 5.58 Å². The fourth-order valence-electron chi connectivity index (χ4n) is 9.25. The van der Waals surface area contributed by atoms with Crippen molar-refractivity contribution >= 4 is 32.7 Å². The first-order chi connectivity index (χ1) is 32.2. The zero-order valence-electron chi connectivity index (χ0n) is 43.5. The van der Waals surface area contributed by atoms with E-state index in [1.165, 1.54) is 44.4 Å². The number of nitrogens with zero attached hydrogens (tertiary/aromatic N) is 2. The Morgan fingerprint density at radius 2 is 1.50 bits per heavy atom. The van der Waals surface area contributed by atoms with Gasteiger partial charge in [-0.25, -0.2) is 0 Å². The maximum Gasteiger partial charge on any atom is 0.128 e. The van der Waals surface area contributed by atoms with Crippen LogP contribution in [0.5, 0.6) is 0 Å². The molecule has 2 fully saturated rings. The smallest absolute Gasteiger partial charge is 0.128 e. The van der Waals surface area contributed by atoms with Gasteiger partial charge in [0.2, 0.25) is 0 Å². The third-order valence-electron chi connectivity index (χ3n) is 12.3. The van der Waals surface area contributed by atoms with Gasteiger partial charge in [0.15, 0.2) is 0 Å². The minimum Gasteiger partial charge on any atom is -0.500 e. The predicted molar refractivity (Wildman–Crippen MR) is 247 cm³/mol. The van der Waals surface area contributed by atoms with Crippen LogP contribution in [0.1, 0.15) is 119 Å². The van der Waals surface area contributed by atoms with Gasteiger partial charge in [-0.05, 0) is 108 Å². The molecule has 0 bridgehead atoms. The van der Waals surface area contributed by atoms with Crippen molar-refractivity contribution < 1.29 is 36.9 Å². The molecule has 5 aromatic carbocycles. The Balaban J connectivity index is 0.000000192. The number of rotatable bonds is 5. The zero-order valence-corrected chi connectivity index (χ0v) is 36.9. The summed E-state index contributed by atoms with van der Waals surface area (Å²) in [7, 11) is 0. The molecule has 3 nitrogen and oxygen atoms in total. The average Bonchev–Trinajstić information content (AvgIpc) is 3.72. The van der Waals surface area contributed by atoms with Crippen LogP contribution in [0.25, 0.3) is 66.4 Å². The molecule has 0 atom stereocenters. The molecule has 2 aliphatic rings. The van der Waals surface area contributed by atoms with Crippen LogP contribution in [-0.4, -0.2) is 9.97 Å². The summed E-state index contributed by atoms with van der Waals surface area (Å²) in [5.41, 5.74) is 6.86. The molecule has 2 saturated carbocycles. The Morgan fingerprint density at radius 3 is 2.25 bits per heavy atom. The summed E-state index contributed by atoms with van der Waals surface area (Å²) in [4.78, 5) is 9.08. The number of fused-ring (bicyclic) bond motifs is 5. The Hall–Kier alpha value is -4.89. The van der Waals surface area contributed by atoms with Crippen LogP contribution in [0.3, 0.4) is 0 Å². The van der Waals surface area contributed by atoms with Gasteiger partial charge in [-0.1, -0.05) is 148 Å². The van der Waals surface area contributed by atoms with Crippen molar-refractivity contribution in [3.63, 3.8) is 0 Å². The van der Waals surface area contributed by atoms with Crippen molar-refractivity contribution in [3.05, 3.63) is 156 Å². The van der Waals surface area contributed by atoms with Gasteiger partial charge in [0, 0.05) is 55.6 Å². The molecule has 0 unspecified atom stereocenters. The van der Waals surface area contributed by atoms with E-state index < -0.39 is 31.4 Å². The van der Waals surface area contributed by atoms with E-state index in [0.29, 0.717) is 63.0 Å². The fraction of sp³-hybridized carbons (Fsp3) is 0.321. The molecule has 60 heavy (non-hydrogen) atoms. The molecule has 0 N–H and O–H groups in total. The van der Waals surface area contributed by atoms with E-state index in [0.717, 1.165) is 45.5 Å². The zero-order chi connectivity index (χ0) is 48.3. The summed E-state index contributed by atoms with van der Waals surface area (Å²) in [5, 5.41) is 4.17. The number of furan rings is 1. The first-order valence-electron chi connectivity index (χ1n) is 25.5. The van der Waals surface area contributed by atoms with E-state index in [2.05, 4.69) is 46.4 Å². The molecule has 0 amide bonds. The maximum atomic E-state index is 9.57. The van der Waals surface area contributed by atoms with E-state index >= 15 is 0 Å². The molecule has 307 valence electrons. The minimum atomic E-state index is -2.33. The number of aromatic nitrogens is 2. The predicted octanol–water partition coefficient (Wildman–Crippen LogP) is 15.6. The van der Waals surface area contributed by atoms with E-state index in [-0.39, 0.29) is 31.2 Å². The van der Waals surface area contributed by atoms with Crippen molar-refractivity contribution in [1.82, 2.24) is 9.97 Å². The van der Waals surface area contributed by atoms with Gasteiger partial charge in [-0.3, -0.25) is 0 Å². The van der Waals surface area contributed by atoms with Crippen LogP contribution in [0, 0.1) is 36.7 Å². The van der Waals surface area contributed by atoms with Gasteiger partial charge in [0.1, 0.15) is 5.58 Å². The van der Waals surface area contributed by atoms with Crippen molar-refractivity contribution in [1.29, 1.82) is 0 Å². The largest absolute Gasteiger partial charge is 0.500 e. The van der Waals surface area contributed by atoms with Crippen molar-refractivity contribution in [2.24, 2.45) is 10.8 Å². The molecular weight excluding hydrogens is 909 g/mol. The molecule has 8 aromatic rings. The first kappa shape index (κ1) is 31.9. The number of aryl methyl sites for hydroxylation is 2. The summed E-state index contributed by atoms with van der Waals surface area (Å²) in [6, 6.07) is 40.7. The van der Waals surface area contributed by atoms with Gasteiger partial charge in [-0.15, -0.1) is 47.5 Å². The second kappa shape index (κ2) is 17.6. The van der Waals surface area contributed by atoms with Crippen LogP contribution >= 0.6 is 0 Å². The fourth-order valence-corrected chi connectivity index (χ4v) is 9.25. The molecule has 0 aliphatic heterocycles. The first-order valence-corrected chi connectivity index (χ1v) is 21.0. The van der Waals surface area contributed by atoms with Gasteiger partial charge < -0.3 is 14.4 Å². The van der Waals surface area contributed by atoms with Crippen LogP contribution < -0.4 is 0 Å². The number of hydrogen-bond acceptors (Lipinski definition) is 3. The summed E-state index contributed by atoms with van der Waals surface area (Å²) >= 11 is 0. The van der Waals surface area contributed by atoms with Crippen molar-refractivity contribution in [2.45, 2.75) is 105 Å². The van der Waals surface area contributed by atoms with Crippen LogP contribution in [0.2, 0.25) is 0 Å². The van der Waals surface area contributed by atoms with Gasteiger partial charge in [-0.2, -0.15) is 0 Å². The van der Waals surface area contributed by atoms with E-state index in [1.54, 1.807) is 24.4 Å². The number of pyridine rings is 2. The SMILES string of the molecule is [2H]C([2H])([2H])c1c[c-]c(-c2ccc(C([2H])([2H])C(C)(C)C)cn2)cc1-c1ccccc1.[2H]C([2H])([2H])c1cnc(-c2[c-]ccc3c2oc2c4ccccc4ccc32)cc1C1([2H])CCC2(CCCCC2)CC1.[Ir]. The molecule has 0 saturated heterocycles. The normalized spacial score (nSPS) is 18.9. The second-order valence-corrected chi connectivity index (χ2v) is 17.5.